The van der Waals surface area contributed by atoms with E-state index < -0.39 is 0 Å². The predicted molar refractivity (Wildman–Crippen MR) is 57.6 cm³/mol. The molecule has 2 rings (SSSR count). The molecule has 2 aromatic rings. The van der Waals surface area contributed by atoms with E-state index in [1.807, 2.05) is 12.3 Å². The molecule has 0 bridgehead atoms. The lowest BCUT2D eigenvalue weighted by Gasteiger charge is -1.98. The number of hydrogen-bond acceptors (Lipinski definition) is 4. The Labute approximate surface area is 87.9 Å². The van der Waals surface area contributed by atoms with E-state index in [1.165, 1.54) is 0 Å². The van der Waals surface area contributed by atoms with Gasteiger partial charge in [0.15, 0.2) is 0 Å². The van der Waals surface area contributed by atoms with Crippen LogP contribution in [0.25, 0.3) is 5.69 Å². The molecule has 5 heteroatoms. The monoisotopic (exact) mass is 203 g/mol. The number of anilines is 1. The fourth-order valence-corrected chi connectivity index (χ4v) is 1.33. The summed E-state index contributed by atoms with van der Waals surface area (Å²) in [6.07, 6.45) is 5.61. The Kier molecular flexibility index (Phi) is 2.62. The Bertz CT molecular complexity index is 431. The maximum Gasteiger partial charge on any atom is 0.123 e. The van der Waals surface area contributed by atoms with Gasteiger partial charge in [-0.2, -0.15) is 0 Å². The molecule has 0 saturated carbocycles. The number of nitrogen functional groups attached to an aromatic ring is 1. The molecule has 0 spiro atoms. The summed E-state index contributed by atoms with van der Waals surface area (Å²) >= 11 is 0. The molecule has 5 nitrogen and oxygen atoms in total. The van der Waals surface area contributed by atoms with Gasteiger partial charge in [-0.25, -0.2) is 9.67 Å². The summed E-state index contributed by atoms with van der Waals surface area (Å²) in [6.45, 7) is 2.11. The molecule has 0 aliphatic heterocycles. The van der Waals surface area contributed by atoms with E-state index in [0.717, 1.165) is 24.2 Å². The molecule has 0 fully saturated rings. The molecular weight excluding hydrogens is 190 g/mol. The van der Waals surface area contributed by atoms with Crippen molar-refractivity contribution in [1.29, 1.82) is 0 Å². The van der Waals surface area contributed by atoms with E-state index in [9.17, 15) is 0 Å². The van der Waals surface area contributed by atoms with E-state index in [2.05, 4.69) is 22.2 Å². The summed E-state index contributed by atoms with van der Waals surface area (Å²) in [5, 5.41) is 8.08. The third-order valence-corrected chi connectivity index (χ3v) is 2.08. The highest BCUT2D eigenvalue weighted by Crippen LogP contribution is 2.07. The quantitative estimate of drug-likeness (QED) is 0.813. The van der Waals surface area contributed by atoms with Gasteiger partial charge in [-0.15, -0.1) is 5.10 Å². The van der Waals surface area contributed by atoms with Crippen LogP contribution in [0, 0.1) is 0 Å². The molecule has 78 valence electrons. The zero-order valence-electron chi connectivity index (χ0n) is 8.59. The number of nitrogens with zero attached hydrogens (tertiary/aromatic N) is 4. The lowest BCUT2D eigenvalue weighted by molar-refractivity contribution is 0.789. The van der Waals surface area contributed by atoms with Crippen molar-refractivity contribution in [3.63, 3.8) is 0 Å². The highest BCUT2D eigenvalue weighted by Gasteiger charge is 2.01. The average molecular weight is 203 g/mol. The summed E-state index contributed by atoms with van der Waals surface area (Å²) in [4.78, 5) is 4.00. The van der Waals surface area contributed by atoms with Crippen molar-refractivity contribution < 1.29 is 0 Å². The molecular formula is C10H13N5. The minimum atomic E-state index is 0.507. The number of pyridine rings is 1. The van der Waals surface area contributed by atoms with E-state index >= 15 is 0 Å². The summed E-state index contributed by atoms with van der Waals surface area (Å²) in [5.74, 6) is 0.507. The van der Waals surface area contributed by atoms with Crippen LogP contribution < -0.4 is 5.73 Å². The molecule has 0 unspecified atom stereocenters. The second kappa shape index (κ2) is 4.08. The van der Waals surface area contributed by atoms with E-state index in [4.69, 9.17) is 5.73 Å². The Morgan fingerprint density at radius 3 is 2.93 bits per heavy atom. The SMILES string of the molecule is CCCc1cn(-c2ccc(N)nc2)nn1. The molecule has 15 heavy (non-hydrogen) atoms. The molecule has 0 aliphatic carbocycles. The molecule has 0 aromatic carbocycles. The van der Waals surface area contributed by atoms with Crippen LogP contribution in [0.5, 0.6) is 0 Å². The average Bonchev–Trinajstić information content (AvgIpc) is 2.68. The van der Waals surface area contributed by atoms with Gasteiger partial charge >= 0.3 is 0 Å². The molecule has 0 saturated heterocycles. The zero-order valence-corrected chi connectivity index (χ0v) is 8.59. The first-order valence-corrected chi connectivity index (χ1v) is 4.92. The van der Waals surface area contributed by atoms with Crippen LogP contribution in [0.1, 0.15) is 19.0 Å². The third-order valence-electron chi connectivity index (χ3n) is 2.08. The van der Waals surface area contributed by atoms with Crippen molar-refractivity contribution in [3.05, 3.63) is 30.2 Å². The van der Waals surface area contributed by atoms with Gasteiger partial charge in [0, 0.05) is 0 Å². The number of aromatic nitrogens is 4. The van der Waals surface area contributed by atoms with Gasteiger partial charge in [0.1, 0.15) is 5.82 Å². The normalized spacial score (nSPS) is 10.5. The van der Waals surface area contributed by atoms with Crippen LogP contribution in [0.4, 0.5) is 5.82 Å². The largest absolute Gasteiger partial charge is 0.384 e. The third kappa shape index (κ3) is 2.12. The van der Waals surface area contributed by atoms with Gasteiger partial charge in [0.25, 0.3) is 0 Å². The first kappa shape index (κ1) is 9.64. The van der Waals surface area contributed by atoms with Gasteiger partial charge in [0.2, 0.25) is 0 Å². The van der Waals surface area contributed by atoms with Crippen LogP contribution in [-0.4, -0.2) is 20.0 Å². The van der Waals surface area contributed by atoms with Gasteiger partial charge in [-0.1, -0.05) is 18.6 Å². The summed E-state index contributed by atoms with van der Waals surface area (Å²) in [5.41, 5.74) is 7.37. The van der Waals surface area contributed by atoms with Crippen molar-refractivity contribution in [2.45, 2.75) is 19.8 Å². The van der Waals surface area contributed by atoms with E-state index in [0.29, 0.717) is 5.82 Å². The van der Waals surface area contributed by atoms with Gasteiger partial charge < -0.3 is 5.73 Å². The predicted octanol–water partition coefficient (Wildman–Crippen LogP) is 1.20. The molecule has 0 amide bonds. The lowest BCUT2D eigenvalue weighted by atomic mass is 10.3. The van der Waals surface area contributed by atoms with Gasteiger partial charge in [-0.3, -0.25) is 0 Å². The van der Waals surface area contributed by atoms with E-state index in [1.54, 1.807) is 16.9 Å². The number of rotatable bonds is 3. The summed E-state index contributed by atoms with van der Waals surface area (Å²) in [6, 6.07) is 3.61. The van der Waals surface area contributed by atoms with Crippen LogP contribution in [0.15, 0.2) is 24.5 Å². The Balaban J connectivity index is 2.25. The number of nitrogens with two attached hydrogens (primary N) is 1. The maximum atomic E-state index is 5.50. The minimum Gasteiger partial charge on any atom is -0.384 e. The minimum absolute atomic E-state index is 0.507. The van der Waals surface area contributed by atoms with Crippen LogP contribution in [0.2, 0.25) is 0 Å². The lowest BCUT2D eigenvalue weighted by Crippen LogP contribution is -1.97. The molecule has 2 heterocycles. The highest BCUT2D eigenvalue weighted by molar-refractivity contribution is 5.36. The molecule has 0 radical (unpaired) electrons. The Hall–Kier alpha value is -1.91. The Morgan fingerprint density at radius 1 is 1.40 bits per heavy atom. The molecule has 0 atom stereocenters. The van der Waals surface area contributed by atoms with Crippen LogP contribution in [-0.2, 0) is 6.42 Å². The maximum absolute atomic E-state index is 5.50. The fourth-order valence-electron chi connectivity index (χ4n) is 1.33. The first-order valence-electron chi connectivity index (χ1n) is 4.92. The zero-order chi connectivity index (χ0) is 10.7. The van der Waals surface area contributed by atoms with E-state index in [-0.39, 0.29) is 0 Å². The highest BCUT2D eigenvalue weighted by atomic mass is 15.4. The second-order valence-electron chi connectivity index (χ2n) is 3.35. The molecule has 2 aromatic heterocycles. The van der Waals surface area contributed by atoms with Gasteiger partial charge in [0.05, 0.1) is 23.8 Å². The number of aryl methyl sites for hydroxylation is 1. The first-order chi connectivity index (χ1) is 7.29. The van der Waals surface area contributed by atoms with Crippen molar-refractivity contribution in [3.8, 4) is 5.69 Å². The van der Waals surface area contributed by atoms with Gasteiger partial charge in [-0.05, 0) is 18.6 Å². The van der Waals surface area contributed by atoms with Crippen LogP contribution >= 0.6 is 0 Å². The van der Waals surface area contributed by atoms with Crippen molar-refractivity contribution >= 4 is 5.82 Å². The number of hydrogen-bond donors (Lipinski definition) is 1. The summed E-state index contributed by atoms with van der Waals surface area (Å²) < 4.78 is 1.71. The fraction of sp³-hybridized carbons (Fsp3) is 0.300. The smallest absolute Gasteiger partial charge is 0.123 e. The molecule has 0 aliphatic rings. The van der Waals surface area contributed by atoms with Crippen molar-refractivity contribution in [2.75, 3.05) is 5.73 Å². The van der Waals surface area contributed by atoms with Crippen LogP contribution in [0.3, 0.4) is 0 Å². The summed E-state index contributed by atoms with van der Waals surface area (Å²) in [7, 11) is 0. The second-order valence-corrected chi connectivity index (χ2v) is 3.35. The standard InChI is InChI=1S/C10H13N5/c1-2-3-8-7-15(14-13-8)9-4-5-10(11)12-6-9/h4-7H,2-3H2,1H3,(H2,11,12). The van der Waals surface area contributed by atoms with Crippen molar-refractivity contribution in [1.82, 2.24) is 20.0 Å². The topological polar surface area (TPSA) is 69.6 Å². The molecule has 2 N–H and O–H groups in total. The van der Waals surface area contributed by atoms with Crippen molar-refractivity contribution in [2.24, 2.45) is 0 Å². The Morgan fingerprint density at radius 2 is 2.27 bits per heavy atom.